The predicted molar refractivity (Wildman–Crippen MR) is 82.9 cm³/mol. The van der Waals surface area contributed by atoms with Gasteiger partial charge in [-0.15, -0.1) is 0 Å². The predicted octanol–water partition coefficient (Wildman–Crippen LogP) is 2.82. The van der Waals surface area contributed by atoms with Crippen LogP contribution in [0.3, 0.4) is 0 Å². The maximum absolute atomic E-state index is 13.6. The molecule has 2 N–H and O–H groups in total. The van der Waals surface area contributed by atoms with E-state index in [9.17, 15) is 9.50 Å². The van der Waals surface area contributed by atoms with Crippen molar-refractivity contribution in [2.75, 3.05) is 4.90 Å². The van der Waals surface area contributed by atoms with Crippen LogP contribution in [0.15, 0.2) is 18.2 Å². The third kappa shape index (κ3) is 3.06. The summed E-state index contributed by atoms with van der Waals surface area (Å²) in [5.74, 6) is -0.177. The Morgan fingerprint density at radius 1 is 1.29 bits per heavy atom. The van der Waals surface area contributed by atoms with Crippen LogP contribution in [-0.2, 0) is 6.54 Å². The molecule has 0 spiro atoms. The van der Waals surface area contributed by atoms with Crippen molar-refractivity contribution in [3.05, 3.63) is 29.6 Å². The molecule has 0 aromatic heterocycles. The molecule has 4 heteroatoms. The lowest BCUT2D eigenvalue weighted by Gasteiger charge is -2.40. The van der Waals surface area contributed by atoms with E-state index in [2.05, 4.69) is 24.1 Å². The van der Waals surface area contributed by atoms with Crippen LogP contribution in [0.1, 0.15) is 45.1 Å². The Hall–Kier alpha value is -1.13. The average Bonchev–Trinajstić information content (AvgIpc) is 2.68. The lowest BCUT2D eigenvalue weighted by molar-refractivity contribution is 0.126. The molecule has 116 valence electrons. The molecule has 2 unspecified atom stereocenters. The highest BCUT2D eigenvalue weighted by Crippen LogP contribution is 2.40. The van der Waals surface area contributed by atoms with Gasteiger partial charge in [0.1, 0.15) is 5.82 Å². The van der Waals surface area contributed by atoms with Gasteiger partial charge in [-0.2, -0.15) is 0 Å². The van der Waals surface area contributed by atoms with Crippen molar-refractivity contribution in [3.8, 4) is 0 Å². The van der Waals surface area contributed by atoms with E-state index in [1.165, 1.54) is 0 Å². The number of aliphatic hydroxyl groups excluding tert-OH is 1. The summed E-state index contributed by atoms with van der Waals surface area (Å²) in [6, 6.07) is 6.30. The maximum atomic E-state index is 13.6. The fraction of sp³-hybridized carbons (Fsp3) is 0.647. The highest BCUT2D eigenvalue weighted by molar-refractivity contribution is 5.57. The van der Waals surface area contributed by atoms with E-state index in [1.54, 1.807) is 12.1 Å². The highest BCUT2D eigenvalue weighted by atomic mass is 19.1. The van der Waals surface area contributed by atoms with Crippen LogP contribution in [0, 0.1) is 5.82 Å². The quantitative estimate of drug-likeness (QED) is 0.896. The summed E-state index contributed by atoms with van der Waals surface area (Å²) in [7, 11) is 0. The highest BCUT2D eigenvalue weighted by Gasteiger charge is 2.40. The van der Waals surface area contributed by atoms with Gasteiger partial charge in [-0.25, -0.2) is 4.39 Å². The van der Waals surface area contributed by atoms with E-state index in [0.29, 0.717) is 24.7 Å². The van der Waals surface area contributed by atoms with E-state index in [-0.39, 0.29) is 11.9 Å². The molecule has 0 aliphatic carbocycles. The molecule has 0 radical (unpaired) electrons. The molecule has 2 heterocycles. The summed E-state index contributed by atoms with van der Waals surface area (Å²) in [4.78, 5) is 2.43. The molecule has 2 saturated heterocycles. The number of hydrogen-bond acceptors (Lipinski definition) is 3. The number of benzene rings is 1. The molecule has 2 aliphatic rings. The first kappa shape index (κ1) is 14.8. The molecule has 2 fully saturated rings. The molecule has 0 amide bonds. The van der Waals surface area contributed by atoms with E-state index in [0.717, 1.165) is 36.9 Å². The van der Waals surface area contributed by atoms with Gasteiger partial charge in [-0.05, 0) is 49.4 Å². The van der Waals surface area contributed by atoms with E-state index in [4.69, 9.17) is 0 Å². The Balaban J connectivity index is 1.87. The van der Waals surface area contributed by atoms with E-state index < -0.39 is 0 Å². The van der Waals surface area contributed by atoms with Crippen LogP contribution in [0.4, 0.5) is 10.1 Å². The maximum Gasteiger partial charge on any atom is 0.123 e. The van der Waals surface area contributed by atoms with Crippen molar-refractivity contribution >= 4 is 5.69 Å². The van der Waals surface area contributed by atoms with Crippen LogP contribution >= 0.6 is 0 Å². The molecule has 2 bridgehead atoms. The fourth-order valence-electron chi connectivity index (χ4n) is 3.80. The molecule has 2 aliphatic heterocycles. The molecule has 3 rings (SSSR count). The van der Waals surface area contributed by atoms with Crippen molar-refractivity contribution < 1.29 is 9.50 Å². The minimum Gasteiger partial charge on any atom is -0.393 e. The molecular formula is C17H25FN2O. The van der Waals surface area contributed by atoms with Crippen LogP contribution in [0.5, 0.6) is 0 Å². The van der Waals surface area contributed by atoms with Crippen molar-refractivity contribution in [2.45, 2.75) is 70.3 Å². The number of piperidine rings is 1. The monoisotopic (exact) mass is 292 g/mol. The van der Waals surface area contributed by atoms with Crippen molar-refractivity contribution in [3.63, 3.8) is 0 Å². The van der Waals surface area contributed by atoms with Gasteiger partial charge in [0, 0.05) is 30.4 Å². The molecule has 21 heavy (non-hydrogen) atoms. The number of anilines is 1. The number of nitrogens with zero attached hydrogens (tertiary/aromatic N) is 1. The Bertz CT molecular complexity index is 492. The Kier molecular flexibility index (Phi) is 4.18. The summed E-state index contributed by atoms with van der Waals surface area (Å²) in [6.07, 6.45) is 3.78. The summed E-state index contributed by atoms with van der Waals surface area (Å²) in [5.41, 5.74) is 2.17. The van der Waals surface area contributed by atoms with Gasteiger partial charge in [0.05, 0.1) is 6.10 Å². The topological polar surface area (TPSA) is 35.5 Å². The number of halogens is 1. The third-order valence-electron chi connectivity index (χ3n) is 4.73. The molecule has 1 aromatic carbocycles. The SMILES string of the molecule is CC(C)NCc1cc(F)ccc1N1C2CCC1CC(O)C2. The van der Waals surface area contributed by atoms with E-state index >= 15 is 0 Å². The second kappa shape index (κ2) is 5.93. The Labute approximate surface area is 126 Å². The van der Waals surface area contributed by atoms with Gasteiger partial charge in [0.15, 0.2) is 0 Å². The van der Waals surface area contributed by atoms with Gasteiger partial charge >= 0.3 is 0 Å². The van der Waals surface area contributed by atoms with E-state index in [1.807, 2.05) is 6.07 Å². The molecule has 3 nitrogen and oxygen atoms in total. The Morgan fingerprint density at radius 3 is 2.57 bits per heavy atom. The summed E-state index contributed by atoms with van der Waals surface area (Å²) in [5, 5.41) is 13.3. The summed E-state index contributed by atoms with van der Waals surface area (Å²) < 4.78 is 13.6. The first-order valence-electron chi connectivity index (χ1n) is 8.03. The van der Waals surface area contributed by atoms with Crippen LogP contribution in [-0.4, -0.2) is 29.3 Å². The fourth-order valence-corrected chi connectivity index (χ4v) is 3.80. The van der Waals surface area contributed by atoms with Gasteiger partial charge < -0.3 is 15.3 Å². The lowest BCUT2D eigenvalue weighted by atomic mass is 9.97. The van der Waals surface area contributed by atoms with Gasteiger partial charge in [-0.3, -0.25) is 0 Å². The van der Waals surface area contributed by atoms with Gasteiger partial charge in [0.2, 0.25) is 0 Å². The summed E-state index contributed by atoms with van der Waals surface area (Å²) >= 11 is 0. The first-order valence-corrected chi connectivity index (χ1v) is 8.03. The normalized spacial score (nSPS) is 28.4. The zero-order chi connectivity index (χ0) is 15.0. The summed E-state index contributed by atoms with van der Waals surface area (Å²) in [6.45, 7) is 4.88. The standard InChI is InChI=1S/C17H25FN2O/c1-11(2)19-10-12-7-13(18)3-6-17(12)20-14-4-5-15(20)9-16(21)8-14/h3,6-7,11,14-16,19,21H,4-5,8-10H2,1-2H3. The minimum absolute atomic E-state index is 0.170. The largest absolute Gasteiger partial charge is 0.393 e. The molecule has 0 saturated carbocycles. The zero-order valence-corrected chi connectivity index (χ0v) is 12.8. The number of rotatable bonds is 4. The molecular weight excluding hydrogens is 267 g/mol. The minimum atomic E-state index is -0.177. The second-order valence-electron chi connectivity index (χ2n) is 6.73. The van der Waals surface area contributed by atoms with Crippen LogP contribution < -0.4 is 10.2 Å². The molecule has 2 atom stereocenters. The van der Waals surface area contributed by atoms with Crippen LogP contribution in [0.25, 0.3) is 0 Å². The van der Waals surface area contributed by atoms with Gasteiger partial charge in [-0.1, -0.05) is 13.8 Å². The number of aliphatic hydroxyl groups is 1. The number of nitrogens with one attached hydrogen (secondary N) is 1. The third-order valence-corrected chi connectivity index (χ3v) is 4.73. The number of fused-ring (bicyclic) bond motifs is 2. The number of hydrogen-bond donors (Lipinski definition) is 2. The zero-order valence-electron chi connectivity index (χ0n) is 12.8. The average molecular weight is 292 g/mol. The van der Waals surface area contributed by atoms with Gasteiger partial charge in [0.25, 0.3) is 0 Å². The first-order chi connectivity index (χ1) is 10.0. The Morgan fingerprint density at radius 2 is 1.95 bits per heavy atom. The van der Waals surface area contributed by atoms with Crippen molar-refractivity contribution in [2.24, 2.45) is 0 Å². The lowest BCUT2D eigenvalue weighted by Crippen LogP contribution is -2.45. The molecule has 1 aromatic rings. The smallest absolute Gasteiger partial charge is 0.123 e. The van der Waals surface area contributed by atoms with Crippen molar-refractivity contribution in [1.82, 2.24) is 5.32 Å². The van der Waals surface area contributed by atoms with Crippen LogP contribution in [0.2, 0.25) is 0 Å². The second-order valence-corrected chi connectivity index (χ2v) is 6.73. The van der Waals surface area contributed by atoms with Crippen molar-refractivity contribution in [1.29, 1.82) is 0 Å².